The van der Waals surface area contributed by atoms with Crippen LogP contribution in [0.15, 0.2) is 66.7 Å². The highest BCUT2D eigenvalue weighted by Gasteiger charge is 2.25. The number of carbonyl (C=O) groups excluding carboxylic acids is 1. The maximum absolute atomic E-state index is 12.0. The zero-order chi connectivity index (χ0) is 23.8. The molecule has 4 rings (SSSR count). The summed E-state index contributed by atoms with van der Waals surface area (Å²) in [6, 6.07) is 22.8. The number of carbonyl (C=O) groups is 1. The van der Waals surface area contributed by atoms with E-state index in [4.69, 9.17) is 14.2 Å². The second-order valence-corrected chi connectivity index (χ2v) is 8.74. The van der Waals surface area contributed by atoms with Crippen molar-refractivity contribution in [1.29, 1.82) is 0 Å². The number of benzene rings is 3. The lowest BCUT2D eigenvalue weighted by molar-refractivity contribution is -0.190. The number of hydrogen-bond donors (Lipinski definition) is 1. The highest BCUT2D eigenvalue weighted by Crippen LogP contribution is 2.31. The lowest BCUT2D eigenvalue weighted by Gasteiger charge is -2.31. The summed E-state index contributed by atoms with van der Waals surface area (Å²) in [5.41, 5.74) is 2.45. The van der Waals surface area contributed by atoms with Crippen LogP contribution in [-0.2, 0) is 20.8 Å². The topological polar surface area (TPSA) is 60.0 Å². The van der Waals surface area contributed by atoms with Gasteiger partial charge in [-0.3, -0.25) is 9.69 Å². The van der Waals surface area contributed by atoms with Crippen molar-refractivity contribution in [1.82, 2.24) is 10.2 Å². The van der Waals surface area contributed by atoms with Crippen LogP contribution in [0.3, 0.4) is 0 Å². The van der Waals surface area contributed by atoms with Gasteiger partial charge in [-0.2, -0.15) is 0 Å². The van der Waals surface area contributed by atoms with Gasteiger partial charge < -0.3 is 19.5 Å². The van der Waals surface area contributed by atoms with E-state index in [-0.39, 0.29) is 30.5 Å². The van der Waals surface area contributed by atoms with Crippen molar-refractivity contribution in [3.63, 3.8) is 0 Å². The van der Waals surface area contributed by atoms with Crippen molar-refractivity contribution >= 4 is 29.1 Å². The van der Waals surface area contributed by atoms with E-state index in [0.717, 1.165) is 37.1 Å². The second kappa shape index (κ2) is 13.4. The van der Waals surface area contributed by atoms with Gasteiger partial charge in [-0.1, -0.05) is 54.6 Å². The van der Waals surface area contributed by atoms with Crippen molar-refractivity contribution in [2.45, 2.75) is 31.6 Å². The van der Waals surface area contributed by atoms with E-state index in [1.165, 1.54) is 16.5 Å². The molecule has 1 heterocycles. The molecule has 3 aromatic rings. The molecule has 0 radical (unpaired) electrons. The van der Waals surface area contributed by atoms with Gasteiger partial charge in [0.05, 0.1) is 26.9 Å². The predicted octanol–water partition coefficient (Wildman–Crippen LogP) is 4.76. The van der Waals surface area contributed by atoms with Crippen LogP contribution in [0.2, 0.25) is 0 Å². The number of ether oxygens (including phenoxy) is 3. The molecule has 0 bridgehead atoms. The van der Waals surface area contributed by atoms with Crippen molar-refractivity contribution in [2.75, 3.05) is 40.5 Å². The minimum Gasteiger partial charge on any atom is -0.497 e. The SMILES string of the molecule is CNC(=O)CN(CCCC1OCC(c2cccc3cc(OC)ccc23)CO1)Cc1ccccc1.Cl. The largest absolute Gasteiger partial charge is 0.497 e. The Hall–Kier alpha value is -2.64. The van der Waals surface area contributed by atoms with Gasteiger partial charge in [0.2, 0.25) is 5.91 Å². The van der Waals surface area contributed by atoms with Gasteiger partial charge in [-0.05, 0) is 53.4 Å². The monoisotopic (exact) mass is 498 g/mol. The number of nitrogens with one attached hydrogen (secondary N) is 1. The number of amides is 1. The van der Waals surface area contributed by atoms with Gasteiger partial charge in [0.1, 0.15) is 5.75 Å². The summed E-state index contributed by atoms with van der Waals surface area (Å²) in [6.45, 7) is 3.21. The summed E-state index contributed by atoms with van der Waals surface area (Å²) < 4.78 is 17.6. The van der Waals surface area contributed by atoms with Crippen LogP contribution < -0.4 is 10.1 Å². The summed E-state index contributed by atoms with van der Waals surface area (Å²) >= 11 is 0. The number of rotatable bonds is 10. The molecular weight excluding hydrogens is 464 g/mol. The number of methoxy groups -OCH3 is 1. The molecule has 0 spiro atoms. The average molecular weight is 499 g/mol. The first-order chi connectivity index (χ1) is 16.7. The third-order valence-corrected chi connectivity index (χ3v) is 6.34. The van der Waals surface area contributed by atoms with E-state index >= 15 is 0 Å². The third-order valence-electron chi connectivity index (χ3n) is 6.34. The van der Waals surface area contributed by atoms with E-state index < -0.39 is 0 Å². The molecule has 3 aromatic carbocycles. The molecular formula is C28H35ClN2O4. The first kappa shape index (κ1) is 27.0. The third kappa shape index (κ3) is 7.42. The molecule has 1 aliphatic rings. The standard InChI is InChI=1S/C28H34N2O4.ClH/c1-29-27(31)18-30(17-21-8-4-3-5-9-21)15-7-12-28-33-19-23(20-34-28)25-11-6-10-22-16-24(32-2)13-14-26(22)25;/h3-6,8-11,13-14,16,23,28H,7,12,15,17-20H2,1-2H3,(H,29,31);1H. The van der Waals surface area contributed by atoms with Crippen LogP contribution in [0.4, 0.5) is 0 Å². The zero-order valence-electron chi connectivity index (χ0n) is 20.4. The van der Waals surface area contributed by atoms with Gasteiger partial charge in [0.25, 0.3) is 0 Å². The second-order valence-electron chi connectivity index (χ2n) is 8.74. The van der Waals surface area contributed by atoms with E-state index in [1.807, 2.05) is 24.3 Å². The number of halogens is 1. The fourth-order valence-electron chi connectivity index (χ4n) is 4.48. The molecule has 1 amide bonds. The molecule has 1 saturated heterocycles. The summed E-state index contributed by atoms with van der Waals surface area (Å²) in [5.74, 6) is 1.09. The Morgan fingerprint density at radius 2 is 1.83 bits per heavy atom. The van der Waals surface area contributed by atoms with Crippen molar-refractivity contribution < 1.29 is 19.0 Å². The van der Waals surface area contributed by atoms with Crippen LogP contribution in [0.25, 0.3) is 10.8 Å². The van der Waals surface area contributed by atoms with Crippen LogP contribution in [0, 0.1) is 0 Å². The molecule has 7 heteroatoms. The number of nitrogens with zero attached hydrogens (tertiary/aromatic N) is 1. The first-order valence-electron chi connectivity index (χ1n) is 11.9. The number of fused-ring (bicyclic) bond motifs is 1. The number of hydrogen-bond acceptors (Lipinski definition) is 5. The van der Waals surface area contributed by atoms with Gasteiger partial charge in [0, 0.05) is 19.5 Å². The Balaban J connectivity index is 0.00000342. The molecule has 6 nitrogen and oxygen atoms in total. The molecule has 35 heavy (non-hydrogen) atoms. The molecule has 0 atom stereocenters. The molecule has 1 N–H and O–H groups in total. The minimum atomic E-state index is -0.204. The highest BCUT2D eigenvalue weighted by atomic mass is 35.5. The molecule has 0 saturated carbocycles. The smallest absolute Gasteiger partial charge is 0.233 e. The minimum absolute atomic E-state index is 0. The van der Waals surface area contributed by atoms with E-state index in [1.54, 1.807) is 14.2 Å². The van der Waals surface area contributed by atoms with Gasteiger partial charge in [-0.25, -0.2) is 0 Å². The Morgan fingerprint density at radius 3 is 2.54 bits per heavy atom. The molecule has 0 unspecified atom stereocenters. The predicted molar refractivity (Wildman–Crippen MR) is 141 cm³/mol. The lowest BCUT2D eigenvalue weighted by atomic mass is 9.94. The van der Waals surface area contributed by atoms with E-state index in [2.05, 4.69) is 52.7 Å². The van der Waals surface area contributed by atoms with Crippen LogP contribution in [0.1, 0.15) is 29.9 Å². The molecule has 1 aliphatic heterocycles. The maximum atomic E-state index is 12.0. The molecule has 0 aliphatic carbocycles. The number of likely N-dealkylation sites (N-methyl/N-ethyl adjacent to an activating group) is 1. The van der Waals surface area contributed by atoms with Gasteiger partial charge >= 0.3 is 0 Å². The fourth-order valence-corrected chi connectivity index (χ4v) is 4.48. The summed E-state index contributed by atoms with van der Waals surface area (Å²) in [4.78, 5) is 14.1. The molecule has 0 aromatic heterocycles. The Morgan fingerprint density at radius 1 is 1.06 bits per heavy atom. The Kier molecular flexibility index (Phi) is 10.4. The zero-order valence-corrected chi connectivity index (χ0v) is 21.3. The fraction of sp³-hybridized carbons (Fsp3) is 0.393. The van der Waals surface area contributed by atoms with Crippen LogP contribution in [0.5, 0.6) is 5.75 Å². The first-order valence-corrected chi connectivity index (χ1v) is 11.9. The van der Waals surface area contributed by atoms with E-state index in [9.17, 15) is 4.79 Å². The Bertz CT molecular complexity index is 1070. The summed E-state index contributed by atoms with van der Waals surface area (Å²) in [5, 5.41) is 5.10. The van der Waals surface area contributed by atoms with Gasteiger partial charge in [0.15, 0.2) is 6.29 Å². The molecule has 1 fully saturated rings. The maximum Gasteiger partial charge on any atom is 0.233 e. The van der Waals surface area contributed by atoms with Crippen molar-refractivity contribution in [2.24, 2.45) is 0 Å². The quantitative estimate of drug-likeness (QED) is 0.437. The normalized spacial score (nSPS) is 17.7. The van der Waals surface area contributed by atoms with E-state index in [0.29, 0.717) is 19.8 Å². The van der Waals surface area contributed by atoms with Gasteiger partial charge in [-0.15, -0.1) is 12.4 Å². The van der Waals surface area contributed by atoms with Crippen LogP contribution >= 0.6 is 12.4 Å². The van der Waals surface area contributed by atoms with Crippen molar-refractivity contribution in [3.8, 4) is 5.75 Å². The molecule has 188 valence electrons. The van der Waals surface area contributed by atoms with Crippen LogP contribution in [-0.4, -0.2) is 57.6 Å². The lowest BCUT2D eigenvalue weighted by Crippen LogP contribution is -2.36. The Labute approximate surface area is 214 Å². The summed E-state index contributed by atoms with van der Waals surface area (Å²) in [6.07, 6.45) is 1.50. The highest BCUT2D eigenvalue weighted by molar-refractivity contribution is 5.87. The summed E-state index contributed by atoms with van der Waals surface area (Å²) in [7, 11) is 3.36. The van der Waals surface area contributed by atoms with Crippen molar-refractivity contribution in [3.05, 3.63) is 77.9 Å². The average Bonchev–Trinajstić information content (AvgIpc) is 2.89.